The van der Waals surface area contributed by atoms with E-state index in [1.807, 2.05) is 6.08 Å². The lowest BCUT2D eigenvalue weighted by molar-refractivity contribution is -0.140. The normalized spacial score (nSPS) is 26.0. The Kier molecular flexibility index (Phi) is 7.93. The van der Waals surface area contributed by atoms with Crippen LogP contribution in [0.3, 0.4) is 0 Å². The number of carboxylic acid groups (broad SMARTS) is 1. The van der Waals surface area contributed by atoms with Gasteiger partial charge >= 0.3 is 12.1 Å². The van der Waals surface area contributed by atoms with Crippen molar-refractivity contribution in [3.63, 3.8) is 0 Å². The number of rotatable bonds is 9. The molecule has 0 aromatic heterocycles. The smallest absolute Gasteiger partial charge is 0.417 e. The molecule has 0 unspecified atom stereocenters. The minimum Gasteiger partial charge on any atom is -0.481 e. The highest BCUT2D eigenvalue weighted by Crippen LogP contribution is 2.49. The zero-order valence-corrected chi connectivity index (χ0v) is 19.0. The second-order valence-electron chi connectivity index (χ2n) is 8.62. The number of carbonyl (C=O) groups is 1. The fraction of sp³-hybridized carbons (Fsp3) is 0.591. The van der Waals surface area contributed by atoms with Crippen LogP contribution in [0.15, 0.2) is 35.2 Å². The molecule has 3 fully saturated rings. The van der Waals surface area contributed by atoms with Crippen LogP contribution in [-0.2, 0) is 21.0 Å². The predicted molar refractivity (Wildman–Crippen MR) is 115 cm³/mol. The molecule has 4 rings (SSSR count). The molecule has 0 radical (unpaired) electrons. The van der Waals surface area contributed by atoms with Crippen LogP contribution in [0, 0.1) is 23.7 Å². The summed E-state index contributed by atoms with van der Waals surface area (Å²) in [5.41, 5.74) is -1.28. The van der Waals surface area contributed by atoms with E-state index >= 15 is 0 Å². The van der Waals surface area contributed by atoms with Crippen LogP contribution >= 0.6 is 11.6 Å². The first kappa shape index (κ1) is 25.1. The summed E-state index contributed by atoms with van der Waals surface area (Å²) in [6.45, 7) is 0.0631. The molecule has 2 N–H and O–H groups in total. The quantitative estimate of drug-likeness (QED) is 0.351. The Morgan fingerprint density at radius 3 is 2.47 bits per heavy atom. The minimum atomic E-state index is -4.85. The highest BCUT2D eigenvalue weighted by Gasteiger charge is 2.43. The minimum absolute atomic E-state index is 0.00497. The van der Waals surface area contributed by atoms with E-state index in [1.54, 1.807) is 0 Å². The van der Waals surface area contributed by atoms with E-state index in [1.165, 1.54) is 0 Å². The SMILES string of the molecule is O=C(O)CCC/C=C\[C@H]1C2CCC(CC2)[C@@H]1CNS(=O)(=O)c1ccc(Cl)cc1C(F)(F)F. The Morgan fingerprint density at radius 1 is 1.19 bits per heavy atom. The largest absolute Gasteiger partial charge is 0.481 e. The number of unbranched alkanes of at least 4 members (excludes halogenated alkanes) is 1. The van der Waals surface area contributed by atoms with Crippen molar-refractivity contribution >= 4 is 27.6 Å². The second kappa shape index (κ2) is 10.1. The Labute approximate surface area is 191 Å². The Morgan fingerprint density at radius 2 is 1.84 bits per heavy atom. The molecule has 1 aromatic rings. The van der Waals surface area contributed by atoms with E-state index in [4.69, 9.17) is 16.7 Å². The van der Waals surface area contributed by atoms with Crippen LogP contribution in [0.1, 0.15) is 50.5 Å². The van der Waals surface area contributed by atoms with E-state index in [2.05, 4.69) is 10.8 Å². The maximum atomic E-state index is 13.4. The maximum absolute atomic E-state index is 13.4. The van der Waals surface area contributed by atoms with Gasteiger partial charge in [0.25, 0.3) is 0 Å². The van der Waals surface area contributed by atoms with Crippen LogP contribution in [-0.4, -0.2) is 26.0 Å². The van der Waals surface area contributed by atoms with Gasteiger partial charge in [-0.3, -0.25) is 4.79 Å². The van der Waals surface area contributed by atoms with Gasteiger partial charge in [0, 0.05) is 18.0 Å². The highest BCUT2D eigenvalue weighted by atomic mass is 35.5. The van der Waals surface area contributed by atoms with Gasteiger partial charge in [0.15, 0.2) is 0 Å². The molecule has 0 aliphatic heterocycles. The molecule has 0 amide bonds. The van der Waals surface area contributed by atoms with Crippen molar-refractivity contribution in [3.05, 3.63) is 40.9 Å². The summed E-state index contributed by atoms with van der Waals surface area (Å²) in [7, 11) is -4.39. The number of alkyl halides is 3. The summed E-state index contributed by atoms with van der Waals surface area (Å²) in [4.78, 5) is 9.83. The third-order valence-corrected chi connectivity index (χ3v) is 8.34. The molecule has 0 spiro atoms. The van der Waals surface area contributed by atoms with Crippen molar-refractivity contribution in [3.8, 4) is 0 Å². The Bertz CT molecular complexity index is 956. The molecule has 10 heteroatoms. The molecule has 0 heterocycles. The number of halogens is 4. The summed E-state index contributed by atoms with van der Waals surface area (Å²) < 4.78 is 68.2. The topological polar surface area (TPSA) is 83.5 Å². The van der Waals surface area contributed by atoms with E-state index in [9.17, 15) is 26.4 Å². The summed E-state index contributed by atoms with van der Waals surface area (Å²) in [5, 5.41) is 8.56. The van der Waals surface area contributed by atoms with Gasteiger partial charge < -0.3 is 5.11 Å². The molecule has 2 bridgehead atoms. The summed E-state index contributed by atoms with van der Waals surface area (Å²) in [6, 6.07) is 2.65. The lowest BCUT2D eigenvalue weighted by Crippen LogP contribution is -2.45. The number of aliphatic carboxylic acids is 1. The van der Waals surface area contributed by atoms with Gasteiger partial charge in [0.1, 0.15) is 0 Å². The highest BCUT2D eigenvalue weighted by molar-refractivity contribution is 7.89. The van der Waals surface area contributed by atoms with Crippen molar-refractivity contribution in [1.82, 2.24) is 4.72 Å². The molecule has 0 saturated heterocycles. The molecule has 2 atom stereocenters. The Hall–Kier alpha value is -1.58. The molecular weight excluding hydrogens is 467 g/mol. The number of allylic oxidation sites excluding steroid dienone is 2. The molecule has 3 aliphatic carbocycles. The molecule has 178 valence electrons. The number of sulfonamides is 1. The molecule has 3 aliphatic rings. The molecular formula is C22H27ClF3NO4S. The third kappa shape index (κ3) is 6.05. The molecule has 5 nitrogen and oxygen atoms in total. The average molecular weight is 494 g/mol. The van der Waals surface area contributed by atoms with Crippen LogP contribution in [0.4, 0.5) is 13.2 Å². The van der Waals surface area contributed by atoms with Gasteiger partial charge in [-0.2, -0.15) is 13.2 Å². The van der Waals surface area contributed by atoms with E-state index in [-0.39, 0.29) is 29.8 Å². The predicted octanol–water partition coefficient (Wildman–Crippen LogP) is 5.50. The van der Waals surface area contributed by atoms with Gasteiger partial charge in [0.2, 0.25) is 10.0 Å². The maximum Gasteiger partial charge on any atom is 0.417 e. The van der Waals surface area contributed by atoms with Crippen molar-refractivity contribution in [2.45, 2.75) is 56.0 Å². The number of carboxylic acids is 1. The first-order valence-corrected chi connectivity index (χ1v) is 12.6. The number of nitrogens with one attached hydrogen (secondary N) is 1. The van der Waals surface area contributed by atoms with Crippen molar-refractivity contribution < 1.29 is 31.5 Å². The van der Waals surface area contributed by atoms with Crippen LogP contribution < -0.4 is 4.72 Å². The van der Waals surface area contributed by atoms with Gasteiger partial charge in [-0.15, -0.1) is 0 Å². The fourth-order valence-corrected chi connectivity index (χ4v) is 6.54. The van der Waals surface area contributed by atoms with Gasteiger partial charge in [-0.05, 0) is 80.4 Å². The number of fused-ring (bicyclic) bond motifs is 3. The van der Waals surface area contributed by atoms with Crippen molar-refractivity contribution in [1.29, 1.82) is 0 Å². The Balaban J connectivity index is 1.74. The lowest BCUT2D eigenvalue weighted by Gasteiger charge is -2.48. The van der Waals surface area contributed by atoms with Gasteiger partial charge in [-0.1, -0.05) is 23.8 Å². The number of hydrogen-bond acceptors (Lipinski definition) is 3. The molecule has 32 heavy (non-hydrogen) atoms. The van der Waals surface area contributed by atoms with Crippen molar-refractivity contribution in [2.75, 3.05) is 6.54 Å². The zero-order chi connectivity index (χ0) is 23.5. The molecule has 1 aromatic carbocycles. The van der Waals surface area contributed by atoms with Crippen LogP contribution in [0.2, 0.25) is 5.02 Å². The first-order chi connectivity index (χ1) is 15.0. The standard InChI is InChI=1S/C22H27ClF3NO4S/c23-16-10-11-20(19(12-16)22(24,25)26)32(30,31)27-13-18-15-8-6-14(7-9-15)17(18)4-2-1-3-5-21(28)29/h2,4,10-12,14-15,17-18,27H,1,3,5-9,13H2,(H,28,29)/b4-2-/t14?,15?,17-,18-/m0/s1. The van der Waals surface area contributed by atoms with E-state index in [0.717, 1.165) is 37.8 Å². The summed E-state index contributed by atoms with van der Waals surface area (Å²) >= 11 is 5.67. The monoisotopic (exact) mass is 493 g/mol. The first-order valence-electron chi connectivity index (χ1n) is 10.7. The second-order valence-corrected chi connectivity index (χ2v) is 10.8. The van der Waals surface area contributed by atoms with Gasteiger partial charge in [0.05, 0.1) is 10.5 Å². The van der Waals surface area contributed by atoms with E-state index < -0.39 is 32.6 Å². The molecule has 3 saturated carbocycles. The average Bonchev–Trinajstić information content (AvgIpc) is 2.72. The summed E-state index contributed by atoms with van der Waals surface area (Å²) in [5.74, 6) is -0.00466. The van der Waals surface area contributed by atoms with Crippen molar-refractivity contribution in [2.24, 2.45) is 23.7 Å². The number of hydrogen-bond donors (Lipinski definition) is 2. The fourth-order valence-electron chi connectivity index (χ4n) is 5.09. The van der Waals surface area contributed by atoms with E-state index in [0.29, 0.717) is 30.7 Å². The third-order valence-electron chi connectivity index (χ3n) is 6.63. The van der Waals surface area contributed by atoms with Crippen LogP contribution in [0.5, 0.6) is 0 Å². The lowest BCUT2D eigenvalue weighted by atomic mass is 9.58. The summed E-state index contributed by atoms with van der Waals surface area (Å²) in [6.07, 6.45) is 4.47. The number of benzene rings is 1. The van der Waals surface area contributed by atoms with Crippen LogP contribution in [0.25, 0.3) is 0 Å². The van der Waals surface area contributed by atoms with Gasteiger partial charge in [-0.25, -0.2) is 13.1 Å². The zero-order valence-electron chi connectivity index (χ0n) is 17.4.